The van der Waals surface area contributed by atoms with Crippen LogP contribution in [0.3, 0.4) is 0 Å². The van der Waals surface area contributed by atoms with Crippen LogP contribution < -0.4 is 4.90 Å². The molecule has 1 heterocycles. The molecule has 18 heavy (non-hydrogen) atoms. The van der Waals surface area contributed by atoms with Gasteiger partial charge in [-0.15, -0.1) is 0 Å². The van der Waals surface area contributed by atoms with E-state index in [1.165, 1.54) is 0 Å². The summed E-state index contributed by atoms with van der Waals surface area (Å²) in [6.07, 6.45) is 0.186. The van der Waals surface area contributed by atoms with Gasteiger partial charge in [-0.1, -0.05) is 18.2 Å². The first kappa shape index (κ1) is 12.9. The van der Waals surface area contributed by atoms with Crippen molar-refractivity contribution in [2.75, 3.05) is 25.0 Å². The van der Waals surface area contributed by atoms with Crippen LogP contribution >= 0.6 is 0 Å². The SMILES string of the molecule is C[C@@H]1CN(c2ccccc2)[C@@H](CC(=O)O)CN1C. The second-order valence-corrected chi connectivity index (χ2v) is 5.03. The van der Waals surface area contributed by atoms with E-state index in [0.29, 0.717) is 6.04 Å². The Labute approximate surface area is 108 Å². The van der Waals surface area contributed by atoms with Gasteiger partial charge in [-0.25, -0.2) is 0 Å². The van der Waals surface area contributed by atoms with Crippen LogP contribution in [0, 0.1) is 0 Å². The van der Waals surface area contributed by atoms with E-state index >= 15 is 0 Å². The van der Waals surface area contributed by atoms with E-state index in [1.54, 1.807) is 0 Å². The van der Waals surface area contributed by atoms with Gasteiger partial charge in [-0.2, -0.15) is 0 Å². The number of hydrogen-bond acceptors (Lipinski definition) is 3. The maximum atomic E-state index is 11.0. The lowest BCUT2D eigenvalue weighted by Crippen LogP contribution is -2.56. The monoisotopic (exact) mass is 248 g/mol. The zero-order valence-corrected chi connectivity index (χ0v) is 10.9. The number of carbonyl (C=O) groups is 1. The number of likely N-dealkylation sites (N-methyl/N-ethyl adjacent to an activating group) is 1. The number of anilines is 1. The molecule has 1 saturated heterocycles. The highest BCUT2D eigenvalue weighted by atomic mass is 16.4. The maximum absolute atomic E-state index is 11.0. The highest BCUT2D eigenvalue weighted by Gasteiger charge is 2.30. The van der Waals surface area contributed by atoms with Crippen LogP contribution in [0.1, 0.15) is 13.3 Å². The molecule has 1 aromatic carbocycles. The first-order chi connectivity index (χ1) is 8.58. The Morgan fingerprint density at radius 3 is 2.61 bits per heavy atom. The summed E-state index contributed by atoms with van der Waals surface area (Å²) in [6, 6.07) is 10.6. The standard InChI is InChI=1S/C14H20N2O2/c1-11-9-16(12-6-4-3-5-7-12)13(8-14(17)18)10-15(11)2/h3-7,11,13H,8-10H2,1-2H3,(H,17,18)/t11-,13+/m1/s1. The van der Waals surface area contributed by atoms with Gasteiger partial charge >= 0.3 is 5.97 Å². The van der Waals surface area contributed by atoms with E-state index in [-0.39, 0.29) is 12.5 Å². The summed E-state index contributed by atoms with van der Waals surface area (Å²) in [4.78, 5) is 15.4. The molecule has 1 N–H and O–H groups in total. The van der Waals surface area contributed by atoms with Crippen molar-refractivity contribution in [1.29, 1.82) is 0 Å². The number of piperazine rings is 1. The molecule has 0 spiro atoms. The molecule has 2 atom stereocenters. The molecule has 0 aliphatic carbocycles. The van der Waals surface area contributed by atoms with E-state index < -0.39 is 5.97 Å². The summed E-state index contributed by atoms with van der Waals surface area (Å²) in [5.74, 6) is -0.733. The van der Waals surface area contributed by atoms with E-state index in [0.717, 1.165) is 18.8 Å². The molecule has 4 nitrogen and oxygen atoms in total. The summed E-state index contributed by atoms with van der Waals surface area (Å²) in [5, 5.41) is 9.04. The molecule has 0 radical (unpaired) electrons. The zero-order chi connectivity index (χ0) is 13.1. The molecule has 1 aromatic rings. The fraction of sp³-hybridized carbons (Fsp3) is 0.500. The molecular weight excluding hydrogens is 228 g/mol. The van der Waals surface area contributed by atoms with E-state index in [1.807, 2.05) is 30.3 Å². The summed E-state index contributed by atoms with van der Waals surface area (Å²) in [7, 11) is 2.06. The Morgan fingerprint density at radius 1 is 1.33 bits per heavy atom. The van der Waals surface area contributed by atoms with E-state index in [9.17, 15) is 4.79 Å². The average Bonchev–Trinajstić information content (AvgIpc) is 2.34. The summed E-state index contributed by atoms with van der Waals surface area (Å²) in [6.45, 7) is 3.84. The van der Waals surface area contributed by atoms with E-state index in [4.69, 9.17) is 5.11 Å². The lowest BCUT2D eigenvalue weighted by atomic mass is 10.0. The average molecular weight is 248 g/mol. The molecule has 0 amide bonds. The van der Waals surface area contributed by atoms with Crippen molar-refractivity contribution in [3.8, 4) is 0 Å². The normalized spacial score (nSPS) is 25.1. The van der Waals surface area contributed by atoms with Crippen LogP contribution in [0.5, 0.6) is 0 Å². The zero-order valence-electron chi connectivity index (χ0n) is 10.9. The van der Waals surface area contributed by atoms with Crippen molar-refractivity contribution in [2.24, 2.45) is 0 Å². The lowest BCUT2D eigenvalue weighted by Gasteiger charge is -2.44. The number of carboxylic acid groups (broad SMARTS) is 1. The molecule has 1 fully saturated rings. The van der Waals surface area contributed by atoms with Crippen molar-refractivity contribution in [3.05, 3.63) is 30.3 Å². The number of carboxylic acids is 1. The minimum atomic E-state index is -0.733. The van der Waals surface area contributed by atoms with Crippen LogP contribution in [0.2, 0.25) is 0 Å². The van der Waals surface area contributed by atoms with Gasteiger partial charge in [0.25, 0.3) is 0 Å². The highest BCUT2D eigenvalue weighted by Crippen LogP contribution is 2.23. The number of aliphatic carboxylic acids is 1. The van der Waals surface area contributed by atoms with Crippen molar-refractivity contribution in [3.63, 3.8) is 0 Å². The van der Waals surface area contributed by atoms with Gasteiger partial charge in [0.15, 0.2) is 0 Å². The fourth-order valence-corrected chi connectivity index (χ4v) is 2.50. The first-order valence-electron chi connectivity index (χ1n) is 6.31. The number of rotatable bonds is 3. The van der Waals surface area contributed by atoms with Crippen molar-refractivity contribution >= 4 is 11.7 Å². The van der Waals surface area contributed by atoms with Gasteiger partial charge in [0.2, 0.25) is 0 Å². The van der Waals surface area contributed by atoms with Crippen LogP contribution in [-0.2, 0) is 4.79 Å². The Hall–Kier alpha value is -1.55. The smallest absolute Gasteiger partial charge is 0.305 e. The molecule has 0 unspecified atom stereocenters. The van der Waals surface area contributed by atoms with Gasteiger partial charge < -0.3 is 10.0 Å². The Bertz CT molecular complexity index is 408. The molecule has 0 bridgehead atoms. The Balaban J connectivity index is 2.20. The van der Waals surface area contributed by atoms with Gasteiger partial charge in [-0.05, 0) is 26.1 Å². The predicted octanol–water partition coefficient (Wildman–Crippen LogP) is 1.67. The van der Waals surface area contributed by atoms with Crippen LogP contribution in [0.25, 0.3) is 0 Å². The van der Waals surface area contributed by atoms with Gasteiger partial charge in [0, 0.05) is 24.8 Å². The van der Waals surface area contributed by atoms with Crippen LogP contribution in [0.4, 0.5) is 5.69 Å². The third kappa shape index (κ3) is 2.82. The second-order valence-electron chi connectivity index (χ2n) is 5.03. The third-order valence-corrected chi connectivity index (χ3v) is 3.65. The van der Waals surface area contributed by atoms with Crippen LogP contribution in [-0.4, -0.2) is 48.2 Å². The fourth-order valence-electron chi connectivity index (χ4n) is 2.50. The molecule has 98 valence electrons. The molecule has 1 aliphatic rings. The Morgan fingerprint density at radius 2 is 2.00 bits per heavy atom. The largest absolute Gasteiger partial charge is 0.481 e. The van der Waals surface area contributed by atoms with Gasteiger partial charge in [-0.3, -0.25) is 9.69 Å². The minimum Gasteiger partial charge on any atom is -0.481 e. The molecular formula is C14H20N2O2. The summed E-state index contributed by atoms with van der Waals surface area (Å²) in [5.41, 5.74) is 1.11. The second kappa shape index (κ2) is 5.40. The van der Waals surface area contributed by atoms with Crippen molar-refractivity contribution in [2.45, 2.75) is 25.4 Å². The van der Waals surface area contributed by atoms with Crippen molar-refractivity contribution in [1.82, 2.24) is 4.90 Å². The Kier molecular flexibility index (Phi) is 3.87. The minimum absolute atomic E-state index is 0.0473. The molecule has 4 heteroatoms. The summed E-state index contributed by atoms with van der Waals surface area (Å²) >= 11 is 0. The third-order valence-electron chi connectivity index (χ3n) is 3.65. The predicted molar refractivity (Wildman–Crippen MR) is 71.9 cm³/mol. The number of para-hydroxylation sites is 1. The number of nitrogens with zero attached hydrogens (tertiary/aromatic N) is 2. The van der Waals surface area contributed by atoms with Crippen LogP contribution in [0.15, 0.2) is 30.3 Å². The molecule has 1 aliphatic heterocycles. The van der Waals surface area contributed by atoms with Gasteiger partial charge in [0.1, 0.15) is 0 Å². The molecule has 0 saturated carbocycles. The molecule has 0 aromatic heterocycles. The number of benzene rings is 1. The highest BCUT2D eigenvalue weighted by molar-refractivity contribution is 5.68. The van der Waals surface area contributed by atoms with Crippen molar-refractivity contribution < 1.29 is 9.90 Å². The van der Waals surface area contributed by atoms with Gasteiger partial charge in [0.05, 0.1) is 12.5 Å². The maximum Gasteiger partial charge on any atom is 0.305 e. The van der Waals surface area contributed by atoms with E-state index in [2.05, 4.69) is 23.8 Å². The topological polar surface area (TPSA) is 43.8 Å². The number of hydrogen-bond donors (Lipinski definition) is 1. The lowest BCUT2D eigenvalue weighted by molar-refractivity contribution is -0.137. The summed E-state index contributed by atoms with van der Waals surface area (Å²) < 4.78 is 0. The molecule has 2 rings (SSSR count). The quantitative estimate of drug-likeness (QED) is 0.883. The first-order valence-corrected chi connectivity index (χ1v) is 6.31.